The van der Waals surface area contributed by atoms with Gasteiger partial charge in [-0.1, -0.05) is 23.4 Å². The Bertz CT molecular complexity index is 653. The van der Waals surface area contributed by atoms with E-state index in [1.165, 1.54) is 0 Å². The van der Waals surface area contributed by atoms with Crippen LogP contribution in [0.1, 0.15) is 0 Å². The van der Waals surface area contributed by atoms with Gasteiger partial charge < -0.3 is 10.3 Å². The third-order valence-electron chi connectivity index (χ3n) is 2.50. The van der Waals surface area contributed by atoms with Gasteiger partial charge in [-0.2, -0.15) is 5.10 Å². The molecule has 0 aliphatic heterocycles. The number of anilines is 1. The van der Waals surface area contributed by atoms with Crippen molar-refractivity contribution in [2.45, 2.75) is 0 Å². The van der Waals surface area contributed by atoms with Gasteiger partial charge in [0.05, 0.1) is 5.52 Å². The van der Waals surface area contributed by atoms with Crippen molar-refractivity contribution < 1.29 is 4.52 Å². The van der Waals surface area contributed by atoms with Crippen LogP contribution in [0, 0.1) is 0 Å². The number of hydrogen-bond donors (Lipinski definition) is 1. The van der Waals surface area contributed by atoms with Crippen LogP contribution >= 0.6 is 0 Å². The highest BCUT2D eigenvalue weighted by atomic mass is 16.5. The normalized spacial score (nSPS) is 11.1. The third kappa shape index (κ3) is 1.18. The van der Waals surface area contributed by atoms with Crippen LogP contribution < -0.4 is 5.73 Å². The molecule has 0 bridgehead atoms. The van der Waals surface area contributed by atoms with Gasteiger partial charge in [0.1, 0.15) is 5.69 Å². The first-order valence-corrected chi connectivity index (χ1v) is 4.90. The summed E-state index contributed by atoms with van der Waals surface area (Å²) in [7, 11) is 1.87. The Hall–Kier alpha value is -2.30. The van der Waals surface area contributed by atoms with E-state index in [0.717, 1.165) is 16.6 Å². The van der Waals surface area contributed by atoms with Crippen LogP contribution in [-0.2, 0) is 7.05 Å². The lowest BCUT2D eigenvalue weighted by atomic mass is 10.2. The number of rotatable bonds is 1. The zero-order valence-electron chi connectivity index (χ0n) is 8.71. The molecule has 0 aliphatic rings. The van der Waals surface area contributed by atoms with E-state index in [-0.39, 0.29) is 0 Å². The molecule has 3 rings (SSSR count). The van der Waals surface area contributed by atoms with Crippen LogP contribution in [0.2, 0.25) is 0 Å². The van der Waals surface area contributed by atoms with Crippen LogP contribution in [0.4, 0.5) is 5.82 Å². The summed E-state index contributed by atoms with van der Waals surface area (Å²) >= 11 is 0. The van der Waals surface area contributed by atoms with E-state index in [1.807, 2.05) is 31.3 Å². The minimum absolute atomic E-state index is 0.375. The first-order chi connectivity index (χ1) is 7.75. The van der Waals surface area contributed by atoms with Gasteiger partial charge in [-0.15, -0.1) is 0 Å². The van der Waals surface area contributed by atoms with Crippen molar-refractivity contribution in [3.63, 3.8) is 0 Å². The molecule has 0 amide bonds. The van der Waals surface area contributed by atoms with Gasteiger partial charge >= 0.3 is 0 Å². The Kier molecular flexibility index (Phi) is 1.73. The molecule has 5 heteroatoms. The molecule has 2 N–H and O–H groups in total. The molecular formula is C11H10N4O. The quantitative estimate of drug-likeness (QED) is 0.670. The fourth-order valence-electron chi connectivity index (χ4n) is 1.84. The molecule has 2 heterocycles. The Balaban J connectivity index is 2.34. The van der Waals surface area contributed by atoms with Crippen LogP contribution in [0.5, 0.6) is 0 Å². The van der Waals surface area contributed by atoms with Crippen molar-refractivity contribution in [3.05, 3.63) is 30.3 Å². The minimum atomic E-state index is 0.375. The topological polar surface area (TPSA) is 69.9 Å². The Morgan fingerprint density at radius 2 is 2.12 bits per heavy atom. The van der Waals surface area contributed by atoms with Crippen molar-refractivity contribution in [1.82, 2.24) is 14.9 Å². The Labute approximate surface area is 91.4 Å². The molecular weight excluding hydrogens is 204 g/mol. The molecule has 0 atom stereocenters. The average Bonchev–Trinajstić information content (AvgIpc) is 2.80. The van der Waals surface area contributed by atoms with Gasteiger partial charge in [0.15, 0.2) is 11.6 Å². The molecule has 5 nitrogen and oxygen atoms in total. The highest BCUT2D eigenvalue weighted by Crippen LogP contribution is 2.28. The van der Waals surface area contributed by atoms with Crippen LogP contribution in [-0.4, -0.2) is 14.9 Å². The predicted octanol–water partition coefficient (Wildman–Crippen LogP) is 1.81. The third-order valence-corrected chi connectivity index (χ3v) is 2.50. The maximum absolute atomic E-state index is 5.54. The number of benzene rings is 1. The summed E-state index contributed by atoms with van der Waals surface area (Å²) in [6.07, 6.45) is 0. The van der Waals surface area contributed by atoms with E-state index in [4.69, 9.17) is 10.3 Å². The average molecular weight is 214 g/mol. The van der Waals surface area contributed by atoms with Gasteiger partial charge in [-0.25, -0.2) is 0 Å². The molecule has 16 heavy (non-hydrogen) atoms. The number of aromatic nitrogens is 3. The van der Waals surface area contributed by atoms with Gasteiger partial charge in [0.2, 0.25) is 0 Å². The zero-order chi connectivity index (χ0) is 11.1. The van der Waals surface area contributed by atoms with E-state index in [9.17, 15) is 0 Å². The standard InChI is InChI=1S/C11H10N4O/c1-15-11(9-6-10(12)14-16-9)7-4-2-3-5-8(7)13-15/h2-6H,1H3,(H2,12,14). The van der Waals surface area contributed by atoms with Gasteiger partial charge in [0.25, 0.3) is 0 Å². The number of hydrogen-bond acceptors (Lipinski definition) is 4. The first kappa shape index (κ1) is 8.96. The second-order valence-corrected chi connectivity index (χ2v) is 3.61. The van der Waals surface area contributed by atoms with Crippen molar-refractivity contribution in [2.24, 2.45) is 7.05 Å². The SMILES string of the molecule is Cn1nc2ccccc2c1-c1cc(N)no1. The molecule has 3 aromatic rings. The molecule has 80 valence electrons. The highest BCUT2D eigenvalue weighted by Gasteiger charge is 2.14. The Morgan fingerprint density at radius 3 is 2.88 bits per heavy atom. The zero-order valence-corrected chi connectivity index (χ0v) is 8.71. The number of fused-ring (bicyclic) bond motifs is 1. The lowest BCUT2D eigenvalue weighted by Crippen LogP contribution is -1.92. The van der Waals surface area contributed by atoms with Crippen LogP contribution in [0.15, 0.2) is 34.9 Å². The summed E-state index contributed by atoms with van der Waals surface area (Å²) in [6.45, 7) is 0. The lowest BCUT2D eigenvalue weighted by molar-refractivity contribution is 0.432. The predicted molar refractivity (Wildman–Crippen MR) is 60.6 cm³/mol. The fourth-order valence-corrected chi connectivity index (χ4v) is 1.84. The van der Waals surface area contributed by atoms with Crippen molar-refractivity contribution in [2.75, 3.05) is 5.73 Å². The number of nitrogens with two attached hydrogens (primary N) is 1. The monoisotopic (exact) mass is 214 g/mol. The van der Waals surface area contributed by atoms with Gasteiger partial charge in [-0.3, -0.25) is 4.68 Å². The molecule has 1 aromatic carbocycles. The van der Waals surface area contributed by atoms with Crippen molar-refractivity contribution >= 4 is 16.7 Å². The second kappa shape index (κ2) is 3.10. The highest BCUT2D eigenvalue weighted by molar-refractivity contribution is 5.92. The maximum Gasteiger partial charge on any atom is 0.187 e. The Morgan fingerprint density at radius 1 is 1.31 bits per heavy atom. The summed E-state index contributed by atoms with van der Waals surface area (Å²) in [5, 5.41) is 9.10. The van der Waals surface area contributed by atoms with E-state index in [1.54, 1.807) is 10.7 Å². The molecule has 0 spiro atoms. The maximum atomic E-state index is 5.54. The van der Waals surface area contributed by atoms with Crippen molar-refractivity contribution in [1.29, 1.82) is 0 Å². The van der Waals surface area contributed by atoms with E-state index < -0.39 is 0 Å². The molecule has 2 aromatic heterocycles. The number of nitrogen functional groups attached to an aromatic ring is 1. The molecule has 0 unspecified atom stereocenters. The summed E-state index contributed by atoms with van der Waals surface area (Å²) in [5.74, 6) is 1.01. The molecule has 0 aliphatic carbocycles. The summed E-state index contributed by atoms with van der Waals surface area (Å²) < 4.78 is 6.93. The smallest absolute Gasteiger partial charge is 0.187 e. The van der Waals surface area contributed by atoms with Gasteiger partial charge in [-0.05, 0) is 6.07 Å². The lowest BCUT2D eigenvalue weighted by Gasteiger charge is -1.95. The van der Waals surface area contributed by atoms with Crippen LogP contribution in [0.3, 0.4) is 0 Å². The minimum Gasteiger partial charge on any atom is -0.381 e. The largest absolute Gasteiger partial charge is 0.381 e. The van der Waals surface area contributed by atoms with Crippen molar-refractivity contribution in [3.8, 4) is 11.5 Å². The first-order valence-electron chi connectivity index (χ1n) is 4.90. The summed E-state index contributed by atoms with van der Waals surface area (Å²) in [6, 6.07) is 9.57. The molecule has 0 saturated carbocycles. The van der Waals surface area contributed by atoms with E-state index in [2.05, 4.69) is 10.3 Å². The fraction of sp³-hybridized carbons (Fsp3) is 0.0909. The molecule has 0 saturated heterocycles. The van der Waals surface area contributed by atoms with Crippen LogP contribution in [0.25, 0.3) is 22.4 Å². The van der Waals surface area contributed by atoms with E-state index in [0.29, 0.717) is 11.6 Å². The number of nitrogens with zero attached hydrogens (tertiary/aromatic N) is 3. The summed E-state index contributed by atoms with van der Waals surface area (Å²) in [4.78, 5) is 0. The second-order valence-electron chi connectivity index (χ2n) is 3.61. The summed E-state index contributed by atoms with van der Waals surface area (Å²) in [5.41, 5.74) is 7.36. The van der Waals surface area contributed by atoms with Gasteiger partial charge in [0, 0.05) is 18.5 Å². The van der Waals surface area contributed by atoms with E-state index >= 15 is 0 Å². The molecule has 0 radical (unpaired) electrons. The number of aryl methyl sites for hydroxylation is 1. The molecule has 0 fully saturated rings.